The van der Waals surface area contributed by atoms with E-state index in [1.54, 1.807) is 0 Å². The zero-order valence-corrected chi connectivity index (χ0v) is 53.3. The van der Waals surface area contributed by atoms with Crippen molar-refractivity contribution in [1.29, 1.82) is 0 Å². The van der Waals surface area contributed by atoms with Gasteiger partial charge in [-0.15, -0.1) is 0 Å². The Morgan fingerprint density at radius 3 is 1.21 bits per heavy atom. The average Bonchev–Trinajstić information content (AvgIpc) is 1.37. The van der Waals surface area contributed by atoms with Crippen molar-refractivity contribution in [3.8, 4) is 145 Å². The molecule has 3 nitrogen and oxygen atoms in total. The average molecular weight is 1330 g/mol. The maximum absolute atomic E-state index is 2.47. The second-order valence-electron chi connectivity index (χ2n) is 23.7. The van der Waals surface area contributed by atoms with E-state index in [4.69, 9.17) is 0 Å². The van der Waals surface area contributed by atoms with Gasteiger partial charge in [0.05, 0.1) is 5.56 Å². The third kappa shape index (κ3) is 10.9. The molecular weight excluding hydrogens is 1270 g/mol. The van der Waals surface area contributed by atoms with Gasteiger partial charge in [-0.05, 0) is 197 Å². The molecule has 4 heteroatoms. The van der Waals surface area contributed by atoms with Gasteiger partial charge in [0.15, 0.2) is 25.1 Å². The minimum atomic E-state index is 0. The third-order valence-electron chi connectivity index (χ3n) is 18.2. The zero-order valence-electron chi connectivity index (χ0n) is 50.9. The number of hydrogen-bond acceptors (Lipinski definition) is 0. The first-order valence-corrected chi connectivity index (χ1v) is 30.9. The second-order valence-corrected chi connectivity index (χ2v) is 23.7. The molecule has 3 aromatic heterocycles. The van der Waals surface area contributed by atoms with E-state index in [1.807, 2.05) is 0 Å². The Balaban J connectivity index is 0.00000707. The van der Waals surface area contributed by atoms with E-state index in [2.05, 4.69) is 357 Å². The van der Waals surface area contributed by atoms with E-state index < -0.39 is 0 Å². The fourth-order valence-electron chi connectivity index (χ4n) is 13.6. The van der Waals surface area contributed by atoms with Crippen LogP contribution in [0.1, 0.15) is 16.7 Å². The molecule has 0 unspecified atom stereocenters. The molecule has 0 saturated carbocycles. The molecule has 431 valence electrons. The molecule has 14 aromatic rings. The van der Waals surface area contributed by atoms with Gasteiger partial charge in [0.25, 0.3) is 0 Å². The normalized spacial score (nSPS) is 11.4. The fraction of sp³-hybridized carbons (Fsp3) is 0.0581. The van der Waals surface area contributed by atoms with Gasteiger partial charge in [0, 0.05) is 73.2 Å². The smallest absolute Gasteiger partial charge is 0.201 e. The van der Waals surface area contributed by atoms with E-state index in [1.165, 1.54) is 139 Å². The summed E-state index contributed by atoms with van der Waals surface area (Å²) in [6.07, 6.45) is 6.53. The summed E-state index contributed by atoms with van der Waals surface area (Å²) in [7, 11) is 4.28. The van der Waals surface area contributed by atoms with Crippen molar-refractivity contribution in [3.05, 3.63) is 333 Å². The molecule has 0 amide bonds. The summed E-state index contributed by atoms with van der Waals surface area (Å²) in [5.41, 5.74) is 34.7. The van der Waals surface area contributed by atoms with Crippen LogP contribution in [0.2, 0.25) is 0 Å². The van der Waals surface area contributed by atoms with Crippen LogP contribution in [-0.2, 0) is 40.7 Å². The van der Waals surface area contributed by atoms with Crippen LogP contribution in [0.3, 0.4) is 0 Å². The molecular formula is C86H66IrN3+3. The fourth-order valence-corrected chi connectivity index (χ4v) is 13.6. The van der Waals surface area contributed by atoms with E-state index in [0.717, 1.165) is 28.9 Å². The molecule has 1 aliphatic heterocycles. The van der Waals surface area contributed by atoms with Crippen LogP contribution >= 0.6 is 0 Å². The van der Waals surface area contributed by atoms with E-state index in [-0.39, 0.29) is 20.1 Å². The van der Waals surface area contributed by atoms with Crippen LogP contribution in [-0.4, -0.2) is 0 Å². The molecule has 0 fully saturated rings. The van der Waals surface area contributed by atoms with E-state index >= 15 is 0 Å². The topological polar surface area (TPSA) is 11.6 Å². The van der Waals surface area contributed by atoms with Crippen molar-refractivity contribution in [3.63, 3.8) is 0 Å². The van der Waals surface area contributed by atoms with Gasteiger partial charge in [-0.2, -0.15) is 4.57 Å². The van der Waals surface area contributed by atoms with E-state index in [0.29, 0.717) is 0 Å². The maximum Gasteiger partial charge on any atom is 0.213 e. The van der Waals surface area contributed by atoms with Crippen LogP contribution in [0, 0.1) is 13.8 Å². The Hall–Kier alpha value is -10.5. The van der Waals surface area contributed by atoms with Gasteiger partial charge >= 0.3 is 0 Å². The van der Waals surface area contributed by atoms with Gasteiger partial charge in [-0.1, -0.05) is 200 Å². The number of aromatic nitrogens is 3. The molecule has 90 heavy (non-hydrogen) atoms. The molecule has 15 rings (SSSR count). The number of rotatable bonds is 12. The quantitative estimate of drug-likeness (QED) is 0.108. The summed E-state index contributed by atoms with van der Waals surface area (Å²) in [4.78, 5) is 0. The number of pyridine rings is 3. The van der Waals surface area contributed by atoms with Gasteiger partial charge in [-0.25, -0.2) is 9.13 Å². The molecule has 0 aliphatic carbocycles. The SMILES string of the molecule is Cc1cc(-c2ccccc2-c2cc(-c3ccccc3-c3cc(C)c(-c4cccc[n+]4C)cc3-c3ccccc3)cc(-c3ccccc3-c3cc4c(cc3-c3ccccc3)-c3cccc[n+]3C4)c2)ccc1-c1cc(-c2ccc(-c3ccccc3)cc2)cc[n+]1C.[Ir]. The third-order valence-corrected chi connectivity index (χ3v) is 18.2. The monoisotopic (exact) mass is 1330 g/mol. The van der Waals surface area contributed by atoms with Crippen molar-refractivity contribution in [1.82, 2.24) is 0 Å². The van der Waals surface area contributed by atoms with Crippen molar-refractivity contribution in [2.75, 3.05) is 0 Å². The van der Waals surface area contributed by atoms with Crippen molar-refractivity contribution < 1.29 is 33.8 Å². The zero-order chi connectivity index (χ0) is 60.0. The number of nitrogens with zero attached hydrogens (tertiary/aromatic N) is 3. The van der Waals surface area contributed by atoms with Gasteiger partial charge in [-0.3, -0.25) is 0 Å². The number of benzene rings is 11. The largest absolute Gasteiger partial charge is 0.213 e. The predicted octanol–water partition coefficient (Wildman–Crippen LogP) is 20.3. The maximum atomic E-state index is 2.47. The molecule has 1 radical (unpaired) electrons. The van der Waals surface area contributed by atoms with Gasteiger partial charge < -0.3 is 0 Å². The van der Waals surface area contributed by atoms with Crippen molar-refractivity contribution >= 4 is 0 Å². The van der Waals surface area contributed by atoms with Crippen molar-refractivity contribution in [2.24, 2.45) is 14.1 Å². The van der Waals surface area contributed by atoms with Crippen LogP contribution in [0.5, 0.6) is 0 Å². The number of fused-ring (bicyclic) bond motifs is 3. The molecule has 0 bridgehead atoms. The van der Waals surface area contributed by atoms with Crippen molar-refractivity contribution in [2.45, 2.75) is 20.4 Å². The van der Waals surface area contributed by atoms with Gasteiger partial charge in [0.1, 0.15) is 14.1 Å². The minimum Gasteiger partial charge on any atom is -0.201 e. The number of aryl methyl sites for hydroxylation is 4. The van der Waals surface area contributed by atoms with Crippen LogP contribution in [0.4, 0.5) is 0 Å². The summed E-state index contributed by atoms with van der Waals surface area (Å²) in [6, 6.07) is 110. The molecule has 0 N–H and O–H groups in total. The van der Waals surface area contributed by atoms with Crippen LogP contribution < -0.4 is 13.7 Å². The Labute approximate surface area is 542 Å². The van der Waals surface area contributed by atoms with Gasteiger partial charge in [0.2, 0.25) is 17.1 Å². The Bertz CT molecular complexity index is 5010. The first-order valence-electron chi connectivity index (χ1n) is 30.9. The molecule has 0 saturated heterocycles. The molecule has 0 spiro atoms. The first kappa shape index (κ1) is 57.3. The molecule has 4 heterocycles. The van der Waals surface area contributed by atoms with Crippen LogP contribution in [0.15, 0.2) is 316 Å². The molecule has 1 aliphatic rings. The summed E-state index contributed by atoms with van der Waals surface area (Å²) < 4.78 is 6.84. The van der Waals surface area contributed by atoms with Crippen LogP contribution in [0.25, 0.3) is 145 Å². The summed E-state index contributed by atoms with van der Waals surface area (Å²) >= 11 is 0. The molecule has 11 aromatic carbocycles. The predicted molar refractivity (Wildman–Crippen MR) is 368 cm³/mol. The minimum absolute atomic E-state index is 0. The van der Waals surface area contributed by atoms with E-state index in [9.17, 15) is 0 Å². The Kier molecular flexibility index (Phi) is 15.6. The Morgan fingerprint density at radius 2 is 0.644 bits per heavy atom. The summed E-state index contributed by atoms with van der Waals surface area (Å²) in [5, 5.41) is 0. The first-order chi connectivity index (χ1) is 43.8. The standard InChI is InChI=1S/C86H66N3.Ir/c1-58-48-66(42-43-71(58)86-54-65(44-47-88(86)4)62-40-38-61(39-41-62)60-24-8-5-9-25-60)72-30-14-15-31-73(72)67-50-68(74-32-16-18-34-76(74)82-49-59(2)78(84-36-20-22-45-87(84)3)55-79(82)63-26-10-6-11-27-63)52-69(51-67)75-33-17-19-35-77(75)83-53-70-57-89-46-23-21-37-85(89)81(70)56-80(83)64-28-12-7-13-29-64;/h5-56H,57H2,1-4H3;/q+3;. The molecule has 0 atom stereocenters. The number of hydrogen-bond donors (Lipinski definition) is 0. The Morgan fingerprint density at radius 1 is 0.222 bits per heavy atom. The summed E-state index contributed by atoms with van der Waals surface area (Å²) in [5.74, 6) is 0. The summed E-state index contributed by atoms with van der Waals surface area (Å²) in [6.45, 7) is 5.34. The second kappa shape index (κ2) is 24.6.